The van der Waals surface area contributed by atoms with E-state index in [0.717, 1.165) is 0 Å². The van der Waals surface area contributed by atoms with E-state index in [2.05, 4.69) is 23.6 Å². The summed E-state index contributed by atoms with van der Waals surface area (Å²) in [5.41, 5.74) is 1.21. The third-order valence-electron chi connectivity index (χ3n) is 6.43. The number of halogens is 1. The number of fused-ring (bicyclic) bond motifs is 1. The molecule has 0 saturated carbocycles. The molecule has 1 saturated heterocycles. The molecule has 4 aromatic rings. The Labute approximate surface area is 230 Å². The second-order valence-corrected chi connectivity index (χ2v) is 9.31. The molecule has 1 aromatic carbocycles. The van der Waals surface area contributed by atoms with Gasteiger partial charge in [0.1, 0.15) is 12.1 Å². The van der Waals surface area contributed by atoms with Gasteiger partial charge in [-0.2, -0.15) is 4.68 Å². The molecule has 194 valence electrons. The fourth-order valence-corrected chi connectivity index (χ4v) is 4.65. The van der Waals surface area contributed by atoms with Gasteiger partial charge < -0.3 is 14.6 Å². The summed E-state index contributed by atoms with van der Waals surface area (Å²) in [6.07, 6.45) is 5.21. The first kappa shape index (κ1) is 25.5. The Bertz CT molecular complexity index is 1540. The molecule has 1 aliphatic heterocycles. The van der Waals surface area contributed by atoms with Crippen molar-refractivity contribution in [3.05, 3.63) is 66.0 Å². The molecular weight excluding hydrogens is 605 g/mol. The fraction of sp³-hybridized carbons (Fsp3) is 0.240. The van der Waals surface area contributed by atoms with Crippen molar-refractivity contribution in [2.75, 3.05) is 20.2 Å². The van der Waals surface area contributed by atoms with Crippen molar-refractivity contribution in [1.82, 2.24) is 33.2 Å². The van der Waals surface area contributed by atoms with Crippen LogP contribution in [0.3, 0.4) is 0 Å². The van der Waals surface area contributed by atoms with Crippen LogP contribution in [-0.2, 0) is 4.79 Å². The average Bonchev–Trinajstić information content (AvgIpc) is 3.59. The molecule has 12 nitrogen and oxygen atoms in total. The lowest BCUT2D eigenvalue weighted by molar-refractivity contribution is -0.132. The number of methoxy groups -OCH3 is 1. The molecule has 0 atom stereocenters. The van der Waals surface area contributed by atoms with Gasteiger partial charge in [0.2, 0.25) is 5.82 Å². The molecule has 38 heavy (non-hydrogen) atoms. The highest BCUT2D eigenvalue weighted by molar-refractivity contribution is 14.1. The van der Waals surface area contributed by atoms with Crippen molar-refractivity contribution in [2.45, 2.75) is 12.8 Å². The summed E-state index contributed by atoms with van der Waals surface area (Å²) >= 11 is 1.69. The van der Waals surface area contributed by atoms with Crippen LogP contribution in [0, 0.1) is 5.92 Å². The van der Waals surface area contributed by atoms with Gasteiger partial charge in [0.05, 0.1) is 52.6 Å². The SMILES string of the molecule is COc1cnc(-n2cnc(C(=O)NI)n2)c2[nH]cc(C(=O)C(=O)N3CC(CCC(=O)c4ccccc4)C3)c12. The first-order chi connectivity index (χ1) is 18.4. The second kappa shape index (κ2) is 10.7. The number of nitrogens with one attached hydrogen (secondary N) is 2. The van der Waals surface area contributed by atoms with Gasteiger partial charge in [-0.3, -0.25) is 22.7 Å². The maximum Gasteiger partial charge on any atom is 0.299 e. The van der Waals surface area contributed by atoms with Gasteiger partial charge in [-0.25, -0.2) is 9.97 Å². The standard InChI is InChI=1S/C25H22IN7O5/c1-38-18-10-28-23(33-13-29-22(31-33)24(36)30-26)20-19(18)16(9-27-20)21(35)25(37)32-11-14(12-32)7-8-17(34)15-5-3-2-4-6-15/h2-6,9-10,13-14,27H,7-8,11-12H2,1H3,(H,30,36). The van der Waals surface area contributed by atoms with Gasteiger partial charge >= 0.3 is 0 Å². The van der Waals surface area contributed by atoms with Crippen LogP contribution in [-0.4, -0.2) is 73.2 Å². The number of rotatable bonds is 9. The number of hydrogen-bond acceptors (Lipinski definition) is 8. The molecule has 2 amide bonds. The lowest BCUT2D eigenvalue weighted by Crippen LogP contribution is -2.52. The number of hydrogen-bond donors (Lipinski definition) is 2. The fourth-order valence-electron chi connectivity index (χ4n) is 4.40. The van der Waals surface area contributed by atoms with Crippen molar-refractivity contribution >= 4 is 57.1 Å². The summed E-state index contributed by atoms with van der Waals surface area (Å²) in [7, 11) is 1.44. The maximum atomic E-state index is 13.2. The summed E-state index contributed by atoms with van der Waals surface area (Å²) < 4.78 is 9.13. The summed E-state index contributed by atoms with van der Waals surface area (Å²) in [5.74, 6) is -1.04. The molecule has 0 aliphatic carbocycles. The van der Waals surface area contributed by atoms with E-state index in [1.165, 1.54) is 35.4 Å². The topological polar surface area (TPSA) is 152 Å². The molecule has 5 rings (SSSR count). The summed E-state index contributed by atoms with van der Waals surface area (Å²) in [4.78, 5) is 63.2. The largest absolute Gasteiger partial charge is 0.494 e. The van der Waals surface area contributed by atoms with Gasteiger partial charge in [0, 0.05) is 31.3 Å². The van der Waals surface area contributed by atoms with Crippen LogP contribution in [0.25, 0.3) is 16.7 Å². The third kappa shape index (κ3) is 4.76. The zero-order chi connectivity index (χ0) is 26.8. The Hall–Kier alpha value is -4.14. The highest BCUT2D eigenvalue weighted by atomic mass is 127. The molecule has 0 bridgehead atoms. The van der Waals surface area contributed by atoms with Crippen LogP contribution in [0.5, 0.6) is 5.75 Å². The van der Waals surface area contributed by atoms with Gasteiger partial charge in [-0.15, -0.1) is 5.10 Å². The molecule has 13 heteroatoms. The quantitative estimate of drug-likeness (QED) is 0.124. The van der Waals surface area contributed by atoms with Crippen LogP contribution < -0.4 is 8.27 Å². The van der Waals surface area contributed by atoms with E-state index >= 15 is 0 Å². The smallest absolute Gasteiger partial charge is 0.299 e. The number of carbonyl (C=O) groups is 4. The normalized spacial score (nSPS) is 13.3. The predicted molar refractivity (Wildman–Crippen MR) is 143 cm³/mol. The number of ketones is 2. The lowest BCUT2D eigenvalue weighted by Gasteiger charge is -2.38. The minimum absolute atomic E-state index is 0.0546. The molecule has 0 spiro atoms. The van der Waals surface area contributed by atoms with Gasteiger partial charge in [0.15, 0.2) is 11.6 Å². The first-order valence-electron chi connectivity index (χ1n) is 11.7. The predicted octanol–water partition coefficient (Wildman–Crippen LogP) is 2.54. The first-order valence-corrected chi connectivity index (χ1v) is 12.8. The third-order valence-corrected chi connectivity index (χ3v) is 6.92. The molecule has 3 aromatic heterocycles. The van der Waals surface area contributed by atoms with Gasteiger partial charge in [0.25, 0.3) is 17.6 Å². The Kier molecular flexibility index (Phi) is 7.18. The van der Waals surface area contributed by atoms with Gasteiger partial charge in [-0.05, 0) is 12.3 Å². The average molecular weight is 627 g/mol. The minimum atomic E-state index is -0.686. The number of benzene rings is 1. The Morgan fingerprint density at radius 3 is 2.63 bits per heavy atom. The highest BCUT2D eigenvalue weighted by Crippen LogP contribution is 2.32. The zero-order valence-electron chi connectivity index (χ0n) is 20.2. The van der Waals surface area contributed by atoms with Crippen LogP contribution >= 0.6 is 22.9 Å². The number of Topliss-reactive ketones (excluding diaryl/α,β-unsaturated/α-hetero) is 2. The molecule has 0 radical (unpaired) electrons. The highest BCUT2D eigenvalue weighted by Gasteiger charge is 2.36. The summed E-state index contributed by atoms with van der Waals surface area (Å²) in [6, 6.07) is 9.10. The van der Waals surface area contributed by atoms with Gasteiger partial charge in [-0.1, -0.05) is 30.3 Å². The number of H-pyrrole nitrogens is 1. The second-order valence-electron chi connectivity index (χ2n) is 8.77. The molecular formula is C25H22IN7O5. The number of aromatic nitrogens is 5. The minimum Gasteiger partial charge on any atom is -0.494 e. The van der Waals surface area contributed by atoms with E-state index in [4.69, 9.17) is 4.74 Å². The Morgan fingerprint density at radius 2 is 1.92 bits per heavy atom. The van der Waals surface area contributed by atoms with E-state index in [0.29, 0.717) is 48.1 Å². The van der Waals surface area contributed by atoms with Crippen molar-refractivity contribution < 1.29 is 23.9 Å². The van der Waals surface area contributed by atoms with E-state index in [1.54, 1.807) is 35.0 Å². The summed E-state index contributed by atoms with van der Waals surface area (Å²) in [6.45, 7) is 0.832. The van der Waals surface area contributed by atoms with Crippen molar-refractivity contribution in [2.24, 2.45) is 5.92 Å². The van der Waals surface area contributed by atoms with Crippen LogP contribution in [0.1, 0.15) is 44.2 Å². The zero-order valence-corrected chi connectivity index (χ0v) is 22.3. The lowest BCUT2D eigenvalue weighted by atomic mass is 9.91. The van der Waals surface area contributed by atoms with Crippen LogP contribution in [0.2, 0.25) is 0 Å². The van der Waals surface area contributed by atoms with E-state index in [1.807, 2.05) is 18.2 Å². The summed E-state index contributed by atoms with van der Waals surface area (Å²) in [5, 5.41) is 4.51. The van der Waals surface area contributed by atoms with E-state index in [9.17, 15) is 19.2 Å². The number of aromatic amines is 1. The molecule has 0 unspecified atom stereocenters. The van der Waals surface area contributed by atoms with Crippen molar-refractivity contribution in [3.8, 4) is 11.6 Å². The number of carbonyl (C=O) groups excluding carboxylic acids is 4. The van der Waals surface area contributed by atoms with Crippen molar-refractivity contribution in [3.63, 3.8) is 0 Å². The maximum absolute atomic E-state index is 13.2. The number of likely N-dealkylation sites (tertiary alicyclic amines) is 1. The molecule has 1 fully saturated rings. The number of nitrogens with zero attached hydrogens (tertiary/aromatic N) is 5. The number of amides is 2. The van der Waals surface area contributed by atoms with Crippen LogP contribution in [0.4, 0.5) is 0 Å². The van der Waals surface area contributed by atoms with Crippen molar-refractivity contribution in [1.29, 1.82) is 0 Å². The monoisotopic (exact) mass is 627 g/mol. The number of ether oxygens (including phenoxy) is 1. The Morgan fingerprint density at radius 1 is 1.16 bits per heavy atom. The number of pyridine rings is 1. The molecule has 1 aliphatic rings. The van der Waals surface area contributed by atoms with Crippen LogP contribution in [0.15, 0.2) is 49.1 Å². The van der Waals surface area contributed by atoms with E-state index < -0.39 is 17.6 Å². The van der Waals surface area contributed by atoms with E-state index in [-0.39, 0.29) is 28.9 Å². The molecule has 4 heterocycles. The molecule has 2 N–H and O–H groups in total. The Balaban J connectivity index is 1.30.